The monoisotopic (exact) mass is 289 g/mol. The van der Waals surface area contributed by atoms with Gasteiger partial charge in [-0.3, -0.25) is 9.98 Å². The summed E-state index contributed by atoms with van der Waals surface area (Å²) in [6.45, 7) is 9.15. The smallest absolute Gasteiger partial charge is 0.191 e. The third-order valence-electron chi connectivity index (χ3n) is 3.84. The lowest BCUT2D eigenvalue weighted by Crippen LogP contribution is -2.38. The summed E-state index contributed by atoms with van der Waals surface area (Å²) in [5.74, 6) is 1.63. The molecule has 0 unspecified atom stereocenters. The van der Waals surface area contributed by atoms with Gasteiger partial charge in [-0.25, -0.2) is 0 Å². The molecule has 1 aliphatic rings. The number of hydrogen-bond acceptors (Lipinski definition) is 3. The van der Waals surface area contributed by atoms with Gasteiger partial charge in [0.15, 0.2) is 5.96 Å². The maximum absolute atomic E-state index is 4.69. The van der Waals surface area contributed by atoms with E-state index in [1.165, 1.54) is 18.5 Å². The van der Waals surface area contributed by atoms with Gasteiger partial charge in [-0.2, -0.15) is 0 Å². The fourth-order valence-electron chi connectivity index (χ4n) is 2.66. The van der Waals surface area contributed by atoms with Crippen molar-refractivity contribution in [1.82, 2.24) is 15.6 Å². The first-order valence-corrected chi connectivity index (χ1v) is 8.00. The molecule has 1 fully saturated rings. The van der Waals surface area contributed by atoms with Crippen LogP contribution in [0.2, 0.25) is 0 Å². The van der Waals surface area contributed by atoms with E-state index in [2.05, 4.69) is 46.5 Å². The van der Waals surface area contributed by atoms with Crippen molar-refractivity contribution in [2.24, 2.45) is 10.9 Å². The normalized spacial score (nSPS) is 15.6. The van der Waals surface area contributed by atoms with Crippen molar-refractivity contribution in [3.63, 3.8) is 0 Å². The molecule has 1 aromatic heterocycles. The van der Waals surface area contributed by atoms with Crippen molar-refractivity contribution in [2.75, 3.05) is 37.6 Å². The van der Waals surface area contributed by atoms with E-state index in [-0.39, 0.29) is 0 Å². The fourth-order valence-corrected chi connectivity index (χ4v) is 2.66. The lowest BCUT2D eigenvalue weighted by molar-refractivity contribution is 0.414. The Morgan fingerprint density at radius 2 is 1.81 bits per heavy atom. The molecule has 1 aromatic rings. The van der Waals surface area contributed by atoms with Crippen molar-refractivity contribution in [2.45, 2.75) is 26.7 Å². The lowest BCUT2D eigenvalue weighted by Gasteiger charge is -2.33. The summed E-state index contributed by atoms with van der Waals surface area (Å²) < 4.78 is 0. The van der Waals surface area contributed by atoms with Gasteiger partial charge in [-0.05, 0) is 44.7 Å². The zero-order valence-electron chi connectivity index (χ0n) is 13.2. The van der Waals surface area contributed by atoms with Crippen LogP contribution in [0.4, 0.5) is 5.69 Å². The zero-order valence-corrected chi connectivity index (χ0v) is 13.2. The number of anilines is 1. The van der Waals surface area contributed by atoms with Gasteiger partial charge in [-0.15, -0.1) is 0 Å². The fraction of sp³-hybridized carbons (Fsp3) is 0.625. The number of rotatable bonds is 5. The Balaban J connectivity index is 1.80. The van der Waals surface area contributed by atoms with E-state index in [0.29, 0.717) is 5.92 Å². The first kappa shape index (κ1) is 15.6. The summed E-state index contributed by atoms with van der Waals surface area (Å²) in [6, 6.07) is 4.18. The van der Waals surface area contributed by atoms with Crippen molar-refractivity contribution in [3.05, 3.63) is 24.5 Å². The van der Waals surface area contributed by atoms with Crippen LogP contribution in [0.3, 0.4) is 0 Å². The molecule has 0 aliphatic carbocycles. The molecule has 116 valence electrons. The van der Waals surface area contributed by atoms with Crippen molar-refractivity contribution >= 4 is 11.6 Å². The van der Waals surface area contributed by atoms with E-state index in [9.17, 15) is 0 Å². The molecule has 1 aliphatic heterocycles. The van der Waals surface area contributed by atoms with E-state index < -0.39 is 0 Å². The minimum Gasteiger partial charge on any atom is -0.371 e. The van der Waals surface area contributed by atoms with Crippen LogP contribution in [0.15, 0.2) is 29.5 Å². The summed E-state index contributed by atoms with van der Waals surface area (Å²) >= 11 is 0. The Morgan fingerprint density at radius 3 is 2.38 bits per heavy atom. The SMILES string of the molecule is CCNC(=NCC1CCN(c2ccncc2)CC1)NCC. The van der Waals surface area contributed by atoms with E-state index in [4.69, 9.17) is 4.99 Å². The summed E-state index contributed by atoms with van der Waals surface area (Å²) in [5, 5.41) is 6.56. The van der Waals surface area contributed by atoms with Gasteiger partial charge in [-0.1, -0.05) is 0 Å². The van der Waals surface area contributed by atoms with Gasteiger partial charge >= 0.3 is 0 Å². The summed E-state index contributed by atoms with van der Waals surface area (Å²) in [7, 11) is 0. The highest BCUT2D eigenvalue weighted by atomic mass is 15.2. The van der Waals surface area contributed by atoms with Crippen LogP contribution in [0.5, 0.6) is 0 Å². The van der Waals surface area contributed by atoms with Crippen LogP contribution in [0.1, 0.15) is 26.7 Å². The highest BCUT2D eigenvalue weighted by Crippen LogP contribution is 2.22. The van der Waals surface area contributed by atoms with Crippen molar-refractivity contribution in [1.29, 1.82) is 0 Å². The molecule has 0 saturated carbocycles. The maximum atomic E-state index is 4.69. The van der Waals surface area contributed by atoms with Crippen molar-refractivity contribution < 1.29 is 0 Å². The number of piperidine rings is 1. The van der Waals surface area contributed by atoms with Gasteiger partial charge in [0.25, 0.3) is 0 Å². The second kappa shape index (κ2) is 8.49. The predicted molar refractivity (Wildman–Crippen MR) is 88.8 cm³/mol. The Hall–Kier alpha value is -1.78. The Bertz CT molecular complexity index is 416. The molecule has 2 N–H and O–H groups in total. The van der Waals surface area contributed by atoms with Gasteiger partial charge in [0, 0.05) is 50.8 Å². The number of hydrogen-bond donors (Lipinski definition) is 2. The zero-order chi connectivity index (χ0) is 14.9. The van der Waals surface area contributed by atoms with E-state index >= 15 is 0 Å². The average Bonchev–Trinajstić information content (AvgIpc) is 2.54. The first-order chi connectivity index (χ1) is 10.3. The summed E-state index contributed by atoms with van der Waals surface area (Å²) in [4.78, 5) is 11.2. The second-order valence-electron chi connectivity index (χ2n) is 5.39. The molecule has 0 amide bonds. The van der Waals surface area contributed by atoms with Gasteiger partial charge in [0.05, 0.1) is 0 Å². The Kier molecular flexibility index (Phi) is 6.31. The van der Waals surface area contributed by atoms with Crippen LogP contribution < -0.4 is 15.5 Å². The minimum atomic E-state index is 0.690. The number of guanidine groups is 1. The molecule has 0 radical (unpaired) electrons. The molecule has 5 nitrogen and oxygen atoms in total. The molecular formula is C16H27N5. The molecule has 21 heavy (non-hydrogen) atoms. The predicted octanol–water partition coefficient (Wildman–Crippen LogP) is 1.87. The highest BCUT2D eigenvalue weighted by Gasteiger charge is 2.19. The molecule has 2 heterocycles. The topological polar surface area (TPSA) is 52.6 Å². The van der Waals surface area contributed by atoms with Gasteiger partial charge < -0.3 is 15.5 Å². The molecule has 0 atom stereocenters. The van der Waals surface area contributed by atoms with Crippen LogP contribution in [0.25, 0.3) is 0 Å². The minimum absolute atomic E-state index is 0.690. The highest BCUT2D eigenvalue weighted by molar-refractivity contribution is 5.79. The molecule has 2 rings (SSSR count). The molecule has 0 aromatic carbocycles. The number of nitrogens with one attached hydrogen (secondary N) is 2. The molecular weight excluding hydrogens is 262 g/mol. The third-order valence-corrected chi connectivity index (χ3v) is 3.84. The van der Waals surface area contributed by atoms with Crippen LogP contribution >= 0.6 is 0 Å². The lowest BCUT2D eigenvalue weighted by atomic mass is 9.97. The quantitative estimate of drug-likeness (QED) is 0.642. The number of nitrogens with zero attached hydrogens (tertiary/aromatic N) is 3. The Morgan fingerprint density at radius 1 is 1.19 bits per heavy atom. The number of aromatic nitrogens is 1. The van der Waals surface area contributed by atoms with E-state index in [1.54, 1.807) is 0 Å². The Labute approximate surface area is 127 Å². The standard InChI is InChI=1S/C16H27N5/c1-3-18-16(19-4-2)20-13-14-7-11-21(12-8-14)15-5-9-17-10-6-15/h5-6,9-10,14H,3-4,7-8,11-13H2,1-2H3,(H2,18,19,20). The summed E-state index contributed by atoms with van der Waals surface area (Å²) in [6.07, 6.45) is 6.14. The third kappa shape index (κ3) is 4.92. The number of aliphatic imine (C=N–C) groups is 1. The molecule has 0 bridgehead atoms. The van der Waals surface area contributed by atoms with Crippen LogP contribution in [0, 0.1) is 5.92 Å². The number of pyridine rings is 1. The van der Waals surface area contributed by atoms with Gasteiger partial charge in [0.2, 0.25) is 0 Å². The maximum Gasteiger partial charge on any atom is 0.191 e. The van der Waals surface area contributed by atoms with Gasteiger partial charge in [0.1, 0.15) is 0 Å². The molecule has 1 saturated heterocycles. The average molecular weight is 289 g/mol. The van der Waals surface area contributed by atoms with Crippen LogP contribution in [-0.4, -0.2) is 43.7 Å². The van der Waals surface area contributed by atoms with Crippen molar-refractivity contribution in [3.8, 4) is 0 Å². The first-order valence-electron chi connectivity index (χ1n) is 8.00. The van der Waals surface area contributed by atoms with E-state index in [1.807, 2.05) is 12.4 Å². The largest absolute Gasteiger partial charge is 0.371 e. The van der Waals surface area contributed by atoms with E-state index in [0.717, 1.165) is 38.7 Å². The molecule has 5 heteroatoms. The summed E-state index contributed by atoms with van der Waals surface area (Å²) in [5.41, 5.74) is 1.29. The van der Waals surface area contributed by atoms with Crippen LogP contribution in [-0.2, 0) is 0 Å². The molecule has 0 spiro atoms. The second-order valence-corrected chi connectivity index (χ2v) is 5.39.